The maximum absolute atomic E-state index is 6.46. The van der Waals surface area contributed by atoms with Gasteiger partial charge < -0.3 is 10.5 Å². The number of nitrogens with two attached hydrogens (primary N) is 1. The van der Waals surface area contributed by atoms with Crippen LogP contribution in [0.4, 0.5) is 0 Å². The number of aryl methyl sites for hydroxylation is 1. The summed E-state index contributed by atoms with van der Waals surface area (Å²) in [5.41, 5.74) is 8.95. The molecule has 4 unspecified atom stereocenters. The predicted octanol–water partition coefficient (Wildman–Crippen LogP) is 2.74. The summed E-state index contributed by atoms with van der Waals surface area (Å²) in [6.07, 6.45) is 1.51. The lowest BCUT2D eigenvalue weighted by molar-refractivity contribution is -0.0200. The van der Waals surface area contributed by atoms with Crippen LogP contribution in [0.5, 0.6) is 0 Å². The normalized spacial score (nSPS) is 27.2. The SMILES string of the molecule is COC1CN(C(C)C(N)c2ccc(C)cc2)CCC1C. The van der Waals surface area contributed by atoms with Crippen LogP contribution < -0.4 is 5.73 Å². The molecule has 0 saturated carbocycles. The van der Waals surface area contributed by atoms with Crippen LogP contribution in [0.15, 0.2) is 24.3 Å². The van der Waals surface area contributed by atoms with Crippen LogP contribution in [0.2, 0.25) is 0 Å². The zero-order chi connectivity index (χ0) is 14.7. The van der Waals surface area contributed by atoms with E-state index in [1.54, 1.807) is 0 Å². The molecule has 1 heterocycles. The molecule has 2 rings (SSSR count). The molecular formula is C17H28N2O. The third kappa shape index (κ3) is 3.40. The zero-order valence-corrected chi connectivity index (χ0v) is 13.2. The molecule has 2 N–H and O–H groups in total. The highest BCUT2D eigenvalue weighted by Gasteiger charge is 2.31. The highest BCUT2D eigenvalue weighted by molar-refractivity contribution is 5.24. The van der Waals surface area contributed by atoms with Crippen molar-refractivity contribution in [1.82, 2.24) is 4.90 Å². The van der Waals surface area contributed by atoms with Crippen molar-refractivity contribution in [2.45, 2.75) is 45.4 Å². The fraction of sp³-hybridized carbons (Fsp3) is 0.647. The summed E-state index contributed by atoms with van der Waals surface area (Å²) in [7, 11) is 1.81. The van der Waals surface area contributed by atoms with Crippen molar-refractivity contribution in [3.8, 4) is 0 Å². The van der Waals surface area contributed by atoms with E-state index in [1.807, 2.05) is 7.11 Å². The monoisotopic (exact) mass is 276 g/mol. The van der Waals surface area contributed by atoms with Crippen LogP contribution >= 0.6 is 0 Å². The molecular weight excluding hydrogens is 248 g/mol. The molecule has 1 fully saturated rings. The molecule has 0 bridgehead atoms. The molecule has 112 valence electrons. The topological polar surface area (TPSA) is 38.5 Å². The van der Waals surface area contributed by atoms with Crippen molar-refractivity contribution in [1.29, 1.82) is 0 Å². The molecule has 3 nitrogen and oxygen atoms in total. The fourth-order valence-electron chi connectivity index (χ4n) is 3.03. The van der Waals surface area contributed by atoms with Gasteiger partial charge >= 0.3 is 0 Å². The summed E-state index contributed by atoms with van der Waals surface area (Å²) in [6, 6.07) is 8.97. The van der Waals surface area contributed by atoms with Gasteiger partial charge in [-0.1, -0.05) is 36.8 Å². The lowest BCUT2D eigenvalue weighted by atomic mass is 9.92. The molecule has 20 heavy (non-hydrogen) atoms. The van der Waals surface area contributed by atoms with E-state index in [0.717, 1.165) is 13.1 Å². The first-order chi connectivity index (χ1) is 9.52. The van der Waals surface area contributed by atoms with E-state index in [2.05, 4.69) is 49.9 Å². The van der Waals surface area contributed by atoms with Crippen LogP contribution in [0.25, 0.3) is 0 Å². The Balaban J connectivity index is 2.03. The lowest BCUT2D eigenvalue weighted by Gasteiger charge is -2.41. The minimum Gasteiger partial charge on any atom is -0.380 e. The van der Waals surface area contributed by atoms with E-state index >= 15 is 0 Å². The minimum atomic E-state index is 0.0570. The number of piperidine rings is 1. The maximum atomic E-state index is 6.46. The Morgan fingerprint density at radius 1 is 1.30 bits per heavy atom. The summed E-state index contributed by atoms with van der Waals surface area (Å²) in [4.78, 5) is 2.47. The second kappa shape index (κ2) is 6.70. The van der Waals surface area contributed by atoms with Crippen molar-refractivity contribution >= 4 is 0 Å². The standard InChI is InChI=1S/C17H28N2O/c1-12-5-7-15(8-6-12)17(18)14(3)19-10-9-13(2)16(11-19)20-4/h5-8,13-14,16-17H,9-11,18H2,1-4H3. The van der Waals surface area contributed by atoms with E-state index in [1.165, 1.54) is 17.5 Å². The van der Waals surface area contributed by atoms with Crippen molar-refractivity contribution in [2.75, 3.05) is 20.2 Å². The van der Waals surface area contributed by atoms with Gasteiger partial charge in [0.1, 0.15) is 0 Å². The number of methoxy groups -OCH3 is 1. The Kier molecular flexibility index (Phi) is 5.19. The largest absolute Gasteiger partial charge is 0.380 e. The first-order valence-electron chi connectivity index (χ1n) is 7.62. The molecule has 1 saturated heterocycles. The summed E-state index contributed by atoms with van der Waals surface area (Å²) >= 11 is 0. The number of benzene rings is 1. The zero-order valence-electron chi connectivity index (χ0n) is 13.2. The Hall–Kier alpha value is -0.900. The van der Waals surface area contributed by atoms with Gasteiger partial charge in [-0.15, -0.1) is 0 Å². The van der Waals surface area contributed by atoms with Crippen LogP contribution in [0.3, 0.4) is 0 Å². The first kappa shape index (κ1) is 15.5. The van der Waals surface area contributed by atoms with Gasteiger partial charge in [0.25, 0.3) is 0 Å². The van der Waals surface area contributed by atoms with E-state index in [9.17, 15) is 0 Å². The molecule has 1 aliphatic heterocycles. The summed E-state index contributed by atoms with van der Waals surface area (Å²) in [5.74, 6) is 0.638. The lowest BCUT2D eigenvalue weighted by Crippen LogP contribution is -2.50. The molecule has 1 aliphatic rings. The fourth-order valence-corrected chi connectivity index (χ4v) is 3.03. The summed E-state index contributed by atoms with van der Waals surface area (Å²) in [5, 5.41) is 0. The Morgan fingerprint density at radius 3 is 2.55 bits per heavy atom. The molecule has 3 heteroatoms. The molecule has 0 aliphatic carbocycles. The van der Waals surface area contributed by atoms with Gasteiger partial charge in [0.05, 0.1) is 6.10 Å². The molecule has 0 spiro atoms. The van der Waals surface area contributed by atoms with E-state index in [0.29, 0.717) is 18.1 Å². The molecule has 4 atom stereocenters. The van der Waals surface area contributed by atoms with Crippen molar-refractivity contribution < 1.29 is 4.74 Å². The van der Waals surface area contributed by atoms with Gasteiger partial charge in [-0.2, -0.15) is 0 Å². The Labute approximate surface area is 123 Å². The average Bonchev–Trinajstić information content (AvgIpc) is 2.47. The van der Waals surface area contributed by atoms with Crippen LogP contribution in [-0.2, 0) is 4.74 Å². The number of likely N-dealkylation sites (tertiary alicyclic amines) is 1. The van der Waals surface area contributed by atoms with E-state index in [4.69, 9.17) is 10.5 Å². The molecule has 1 aromatic rings. The van der Waals surface area contributed by atoms with Gasteiger partial charge in [-0.25, -0.2) is 0 Å². The Morgan fingerprint density at radius 2 is 1.95 bits per heavy atom. The molecule has 0 radical (unpaired) electrons. The number of hydrogen-bond acceptors (Lipinski definition) is 3. The van der Waals surface area contributed by atoms with Crippen LogP contribution in [-0.4, -0.2) is 37.2 Å². The molecule has 1 aromatic carbocycles. The second-order valence-corrected chi connectivity index (χ2v) is 6.21. The predicted molar refractivity (Wildman–Crippen MR) is 83.7 cm³/mol. The highest BCUT2D eigenvalue weighted by Crippen LogP contribution is 2.25. The average molecular weight is 276 g/mol. The summed E-state index contributed by atoms with van der Waals surface area (Å²) < 4.78 is 5.60. The Bertz CT molecular complexity index is 418. The second-order valence-electron chi connectivity index (χ2n) is 6.21. The van der Waals surface area contributed by atoms with Gasteiger partial charge in [0, 0.05) is 25.7 Å². The number of hydrogen-bond donors (Lipinski definition) is 1. The van der Waals surface area contributed by atoms with Gasteiger partial charge in [0.2, 0.25) is 0 Å². The summed E-state index contributed by atoms with van der Waals surface area (Å²) in [6.45, 7) is 8.71. The van der Waals surface area contributed by atoms with Crippen molar-refractivity contribution in [3.63, 3.8) is 0 Å². The number of ether oxygens (including phenoxy) is 1. The number of nitrogens with zero attached hydrogens (tertiary/aromatic N) is 1. The first-order valence-corrected chi connectivity index (χ1v) is 7.62. The highest BCUT2D eigenvalue weighted by atomic mass is 16.5. The molecule has 0 aromatic heterocycles. The smallest absolute Gasteiger partial charge is 0.0724 e. The third-order valence-corrected chi connectivity index (χ3v) is 4.78. The van der Waals surface area contributed by atoms with Crippen molar-refractivity contribution in [2.24, 2.45) is 11.7 Å². The number of rotatable bonds is 4. The molecule has 0 amide bonds. The van der Waals surface area contributed by atoms with Crippen LogP contribution in [0.1, 0.15) is 37.4 Å². The van der Waals surface area contributed by atoms with Crippen molar-refractivity contribution in [3.05, 3.63) is 35.4 Å². The maximum Gasteiger partial charge on any atom is 0.0724 e. The minimum absolute atomic E-state index is 0.0570. The van der Waals surface area contributed by atoms with E-state index < -0.39 is 0 Å². The van der Waals surface area contributed by atoms with Crippen LogP contribution in [0, 0.1) is 12.8 Å². The van der Waals surface area contributed by atoms with Gasteiger partial charge in [-0.05, 0) is 38.3 Å². The van der Waals surface area contributed by atoms with Gasteiger partial charge in [-0.3, -0.25) is 4.90 Å². The third-order valence-electron chi connectivity index (χ3n) is 4.78. The quantitative estimate of drug-likeness (QED) is 0.919. The van der Waals surface area contributed by atoms with Gasteiger partial charge in [0.15, 0.2) is 0 Å². The van der Waals surface area contributed by atoms with E-state index in [-0.39, 0.29) is 6.04 Å².